The van der Waals surface area contributed by atoms with Crippen LogP contribution in [0.15, 0.2) is 22.8 Å². The zero-order chi connectivity index (χ0) is 20.1. The van der Waals surface area contributed by atoms with Crippen molar-refractivity contribution in [1.82, 2.24) is 15.2 Å². The highest BCUT2D eigenvalue weighted by molar-refractivity contribution is 5.89. The minimum atomic E-state index is -0.373. The molecule has 0 spiro atoms. The third kappa shape index (κ3) is 4.58. The van der Waals surface area contributed by atoms with Gasteiger partial charge in [-0.25, -0.2) is 9.59 Å². The van der Waals surface area contributed by atoms with Gasteiger partial charge in [-0.05, 0) is 56.9 Å². The van der Waals surface area contributed by atoms with Crippen LogP contribution < -0.4 is 5.32 Å². The predicted molar refractivity (Wildman–Crippen MR) is 105 cm³/mol. The number of nitrogens with one attached hydrogen (secondary N) is 2. The first-order chi connectivity index (χ1) is 13.5. The average molecular weight is 387 g/mol. The van der Waals surface area contributed by atoms with Gasteiger partial charge in [0.15, 0.2) is 0 Å². The summed E-state index contributed by atoms with van der Waals surface area (Å²) in [5, 5.41) is 3.14. The number of esters is 1. The molecular weight excluding hydrogens is 358 g/mol. The van der Waals surface area contributed by atoms with Crippen LogP contribution >= 0.6 is 0 Å². The van der Waals surface area contributed by atoms with Crippen LogP contribution in [0.2, 0.25) is 0 Å². The van der Waals surface area contributed by atoms with E-state index in [0.717, 1.165) is 48.3 Å². The molecule has 0 aliphatic heterocycles. The lowest BCUT2D eigenvalue weighted by atomic mass is 10.1. The number of H-pyrrole nitrogens is 1. The molecule has 1 aliphatic rings. The molecule has 2 heterocycles. The first-order valence-electron chi connectivity index (χ1n) is 9.92. The van der Waals surface area contributed by atoms with Crippen molar-refractivity contribution in [1.29, 1.82) is 0 Å². The first-order valence-corrected chi connectivity index (χ1v) is 9.92. The van der Waals surface area contributed by atoms with Crippen molar-refractivity contribution in [2.24, 2.45) is 0 Å². The maximum Gasteiger partial charge on any atom is 0.355 e. The van der Waals surface area contributed by atoms with Crippen molar-refractivity contribution in [2.75, 3.05) is 6.61 Å². The van der Waals surface area contributed by atoms with Gasteiger partial charge in [0, 0.05) is 18.3 Å². The zero-order valence-corrected chi connectivity index (χ0v) is 16.8. The summed E-state index contributed by atoms with van der Waals surface area (Å²) in [6.45, 7) is 6.63. The van der Waals surface area contributed by atoms with Crippen molar-refractivity contribution < 1.29 is 18.7 Å². The molecule has 7 heteroatoms. The Bertz CT molecular complexity index is 804. The number of carbonyl (C=O) groups is 2. The maximum atomic E-state index is 13.0. The average Bonchev–Trinajstić information content (AvgIpc) is 3.40. The maximum absolute atomic E-state index is 13.0. The number of furan rings is 1. The highest BCUT2D eigenvalue weighted by Crippen LogP contribution is 2.23. The van der Waals surface area contributed by atoms with Crippen molar-refractivity contribution in [2.45, 2.75) is 65.6 Å². The minimum absolute atomic E-state index is 0.110. The van der Waals surface area contributed by atoms with E-state index in [1.54, 1.807) is 18.1 Å². The number of hydrogen-bond donors (Lipinski definition) is 2. The lowest BCUT2D eigenvalue weighted by Gasteiger charge is -2.25. The predicted octanol–water partition coefficient (Wildman–Crippen LogP) is 4.06. The summed E-state index contributed by atoms with van der Waals surface area (Å²) in [4.78, 5) is 30.0. The zero-order valence-electron chi connectivity index (χ0n) is 16.8. The highest BCUT2D eigenvalue weighted by atomic mass is 16.5. The third-order valence-electron chi connectivity index (χ3n) is 5.32. The standard InChI is InChI=1S/C21H29N3O4/c1-4-27-20(25)19-14(2)18(15(3)22-19)13-24(12-17-10-7-11-28-17)21(26)23-16-8-5-6-9-16/h7,10-11,16,22H,4-6,8-9,12-13H2,1-3H3,(H,23,26). The second kappa shape index (κ2) is 8.99. The SMILES string of the molecule is CCOC(=O)c1[nH]c(C)c(CN(Cc2ccco2)C(=O)NC2CCCC2)c1C. The molecule has 0 unspecified atom stereocenters. The quantitative estimate of drug-likeness (QED) is 0.702. The number of nitrogens with zero attached hydrogens (tertiary/aromatic N) is 1. The molecule has 2 N–H and O–H groups in total. The van der Waals surface area contributed by atoms with Gasteiger partial charge in [0.25, 0.3) is 0 Å². The van der Waals surface area contributed by atoms with Crippen molar-refractivity contribution in [3.63, 3.8) is 0 Å². The molecule has 152 valence electrons. The molecule has 0 saturated heterocycles. The number of amides is 2. The number of urea groups is 1. The van der Waals surface area contributed by atoms with Crippen LogP contribution in [0, 0.1) is 13.8 Å². The van der Waals surface area contributed by atoms with Gasteiger partial charge >= 0.3 is 12.0 Å². The molecule has 1 aliphatic carbocycles. The number of aromatic amines is 1. The normalized spacial score (nSPS) is 14.2. The molecule has 28 heavy (non-hydrogen) atoms. The number of aromatic nitrogens is 1. The van der Waals surface area contributed by atoms with Crippen LogP contribution in [-0.4, -0.2) is 34.5 Å². The second-order valence-electron chi connectivity index (χ2n) is 7.32. The van der Waals surface area contributed by atoms with Gasteiger partial charge in [0.05, 0.1) is 19.4 Å². The largest absolute Gasteiger partial charge is 0.467 e. The van der Waals surface area contributed by atoms with Crippen molar-refractivity contribution >= 4 is 12.0 Å². The van der Waals surface area contributed by atoms with E-state index < -0.39 is 0 Å². The summed E-state index contributed by atoms with van der Waals surface area (Å²) in [5.74, 6) is 0.348. The molecule has 0 radical (unpaired) electrons. The van der Waals surface area contributed by atoms with E-state index in [1.807, 2.05) is 26.0 Å². The molecule has 2 aromatic heterocycles. The van der Waals surface area contributed by atoms with Crippen LogP contribution in [0.3, 0.4) is 0 Å². The Balaban J connectivity index is 1.80. The first kappa shape index (κ1) is 20.0. The van der Waals surface area contributed by atoms with E-state index in [4.69, 9.17) is 9.15 Å². The molecule has 0 aromatic carbocycles. The van der Waals surface area contributed by atoms with E-state index in [-0.39, 0.29) is 18.0 Å². The molecule has 1 fully saturated rings. The van der Waals surface area contributed by atoms with E-state index in [9.17, 15) is 9.59 Å². The Labute approximate surface area is 165 Å². The van der Waals surface area contributed by atoms with Gasteiger partial charge in [-0.1, -0.05) is 12.8 Å². The van der Waals surface area contributed by atoms with Gasteiger partial charge in [0.2, 0.25) is 0 Å². The fraction of sp³-hybridized carbons (Fsp3) is 0.524. The number of rotatable bonds is 7. The molecule has 3 rings (SSSR count). The Morgan fingerprint density at radius 2 is 2.04 bits per heavy atom. The molecular formula is C21H29N3O4. The summed E-state index contributed by atoms with van der Waals surface area (Å²) in [6.07, 6.45) is 5.96. The Morgan fingerprint density at radius 3 is 2.68 bits per heavy atom. The second-order valence-corrected chi connectivity index (χ2v) is 7.32. The summed E-state index contributed by atoms with van der Waals surface area (Å²) in [5.41, 5.74) is 3.05. The Hall–Kier alpha value is -2.70. The Morgan fingerprint density at radius 1 is 1.29 bits per heavy atom. The molecule has 0 atom stereocenters. The summed E-state index contributed by atoms with van der Waals surface area (Å²) in [7, 11) is 0. The fourth-order valence-electron chi connectivity index (χ4n) is 3.75. The lowest BCUT2D eigenvalue weighted by Crippen LogP contribution is -2.43. The number of carbonyl (C=O) groups excluding carboxylic acids is 2. The third-order valence-corrected chi connectivity index (χ3v) is 5.32. The molecule has 7 nitrogen and oxygen atoms in total. The van der Waals surface area contributed by atoms with E-state index in [1.165, 1.54) is 0 Å². The van der Waals surface area contributed by atoms with Crippen LogP contribution in [-0.2, 0) is 17.8 Å². The van der Waals surface area contributed by atoms with Crippen molar-refractivity contribution in [3.8, 4) is 0 Å². The van der Waals surface area contributed by atoms with Gasteiger partial charge in [-0.3, -0.25) is 0 Å². The van der Waals surface area contributed by atoms with E-state index in [0.29, 0.717) is 25.4 Å². The number of aryl methyl sites for hydroxylation is 1. The van der Waals surface area contributed by atoms with Gasteiger partial charge in [-0.2, -0.15) is 0 Å². The molecule has 2 amide bonds. The number of hydrogen-bond acceptors (Lipinski definition) is 4. The van der Waals surface area contributed by atoms with Gasteiger partial charge in [-0.15, -0.1) is 0 Å². The topological polar surface area (TPSA) is 87.6 Å². The summed E-state index contributed by atoms with van der Waals surface area (Å²) >= 11 is 0. The lowest BCUT2D eigenvalue weighted by molar-refractivity contribution is 0.0519. The van der Waals surface area contributed by atoms with Crippen LogP contribution in [0.1, 0.15) is 65.7 Å². The van der Waals surface area contributed by atoms with E-state index >= 15 is 0 Å². The van der Waals surface area contributed by atoms with Gasteiger partial charge in [0.1, 0.15) is 11.5 Å². The molecule has 2 aromatic rings. The Kier molecular flexibility index (Phi) is 6.44. The van der Waals surface area contributed by atoms with Crippen LogP contribution in [0.4, 0.5) is 4.79 Å². The monoisotopic (exact) mass is 387 g/mol. The van der Waals surface area contributed by atoms with Crippen molar-refractivity contribution in [3.05, 3.63) is 46.7 Å². The van der Waals surface area contributed by atoms with E-state index in [2.05, 4.69) is 10.3 Å². The fourth-order valence-corrected chi connectivity index (χ4v) is 3.75. The van der Waals surface area contributed by atoms with Gasteiger partial charge < -0.3 is 24.4 Å². The highest BCUT2D eigenvalue weighted by Gasteiger charge is 2.25. The minimum Gasteiger partial charge on any atom is -0.467 e. The molecule has 1 saturated carbocycles. The smallest absolute Gasteiger partial charge is 0.355 e. The summed E-state index contributed by atoms with van der Waals surface area (Å²) in [6, 6.07) is 3.79. The summed E-state index contributed by atoms with van der Waals surface area (Å²) < 4.78 is 10.6. The molecule has 0 bridgehead atoms. The van der Waals surface area contributed by atoms with Crippen LogP contribution in [0.25, 0.3) is 0 Å². The van der Waals surface area contributed by atoms with Crippen LogP contribution in [0.5, 0.6) is 0 Å². The number of ether oxygens (including phenoxy) is 1.